The summed E-state index contributed by atoms with van der Waals surface area (Å²) in [5, 5.41) is 0. The third-order valence-corrected chi connectivity index (χ3v) is 5.83. The van der Waals surface area contributed by atoms with Gasteiger partial charge >= 0.3 is 0 Å². The average molecular weight is 343 g/mol. The molecular weight excluding hydrogens is 316 g/mol. The number of hydrogen-bond acceptors (Lipinski definition) is 1. The van der Waals surface area contributed by atoms with E-state index in [1.165, 1.54) is 44.8 Å². The van der Waals surface area contributed by atoms with Gasteiger partial charge in [0.1, 0.15) is 7.05 Å². The van der Waals surface area contributed by atoms with E-state index in [1.54, 1.807) is 0 Å². The molecule has 0 spiro atoms. The normalized spacial score (nSPS) is 14.4. The van der Waals surface area contributed by atoms with Crippen LogP contribution >= 0.6 is 0 Å². The van der Waals surface area contributed by atoms with Crippen molar-refractivity contribution >= 4 is 0 Å². The van der Waals surface area contributed by atoms with Crippen LogP contribution in [0.3, 0.4) is 0 Å². The lowest BCUT2D eigenvalue weighted by atomic mass is 9.80. The zero-order chi connectivity index (χ0) is 18.6. The highest BCUT2D eigenvalue weighted by Gasteiger charge is 2.40. The van der Waals surface area contributed by atoms with Crippen LogP contribution in [0.25, 0.3) is 22.4 Å². The number of rotatable bonds is 2. The van der Waals surface area contributed by atoms with Crippen LogP contribution in [0.15, 0.2) is 48.8 Å². The summed E-state index contributed by atoms with van der Waals surface area (Å²) < 4.78 is 2.25. The second-order valence-electron chi connectivity index (χ2n) is 8.32. The Bertz CT molecular complexity index is 1010. The Balaban J connectivity index is 2.07. The maximum Gasteiger partial charge on any atom is 0.213 e. The smallest absolute Gasteiger partial charge is 0.213 e. The van der Waals surface area contributed by atoms with Crippen molar-refractivity contribution in [1.29, 1.82) is 0 Å². The van der Waals surface area contributed by atoms with Crippen LogP contribution in [-0.4, -0.2) is 4.98 Å². The second-order valence-corrected chi connectivity index (χ2v) is 8.32. The molecular formula is C24H27N2+. The highest BCUT2D eigenvalue weighted by Crippen LogP contribution is 2.51. The predicted molar refractivity (Wildman–Crippen MR) is 107 cm³/mol. The van der Waals surface area contributed by atoms with E-state index in [0.29, 0.717) is 5.92 Å². The second kappa shape index (κ2) is 5.77. The van der Waals surface area contributed by atoms with E-state index < -0.39 is 0 Å². The Labute approximate surface area is 156 Å². The molecule has 2 heterocycles. The zero-order valence-electron chi connectivity index (χ0n) is 16.6. The molecule has 0 N–H and O–H groups in total. The van der Waals surface area contributed by atoms with Gasteiger partial charge in [-0.25, -0.2) is 4.57 Å². The SMILES string of the molecule is Cc1ccc2c(c1-c1cc(C(C)C)cc[n+]1C)C(C)(C)c1ncccc1-2. The van der Waals surface area contributed by atoms with Crippen molar-refractivity contribution in [1.82, 2.24) is 4.98 Å². The fraction of sp³-hybridized carbons (Fsp3) is 0.333. The van der Waals surface area contributed by atoms with E-state index in [4.69, 9.17) is 4.98 Å². The Hall–Kier alpha value is -2.48. The summed E-state index contributed by atoms with van der Waals surface area (Å²) in [4.78, 5) is 4.75. The van der Waals surface area contributed by atoms with Gasteiger partial charge in [-0.15, -0.1) is 0 Å². The number of pyridine rings is 2. The van der Waals surface area contributed by atoms with E-state index >= 15 is 0 Å². The van der Waals surface area contributed by atoms with Crippen LogP contribution < -0.4 is 4.57 Å². The summed E-state index contributed by atoms with van der Waals surface area (Å²) in [5.74, 6) is 0.513. The molecule has 0 fully saturated rings. The van der Waals surface area contributed by atoms with Gasteiger partial charge in [-0.1, -0.05) is 45.9 Å². The van der Waals surface area contributed by atoms with Gasteiger partial charge in [-0.05, 0) is 41.2 Å². The molecule has 0 atom stereocenters. The molecule has 1 aliphatic rings. The summed E-state index contributed by atoms with van der Waals surface area (Å²) in [6.45, 7) is 11.3. The minimum atomic E-state index is -0.103. The molecule has 2 nitrogen and oxygen atoms in total. The van der Waals surface area contributed by atoms with E-state index in [2.05, 4.69) is 82.8 Å². The number of nitrogens with zero attached hydrogens (tertiary/aromatic N) is 2. The molecule has 0 radical (unpaired) electrons. The number of aryl methyl sites for hydroxylation is 2. The first-order valence-corrected chi connectivity index (χ1v) is 9.42. The third-order valence-electron chi connectivity index (χ3n) is 5.83. The summed E-state index contributed by atoms with van der Waals surface area (Å²) in [5.41, 5.74) is 10.4. The van der Waals surface area contributed by atoms with E-state index in [0.717, 1.165) is 0 Å². The van der Waals surface area contributed by atoms with Crippen molar-refractivity contribution in [2.75, 3.05) is 0 Å². The van der Waals surface area contributed by atoms with Gasteiger partial charge in [0.15, 0.2) is 6.20 Å². The lowest BCUT2D eigenvalue weighted by molar-refractivity contribution is -0.660. The summed E-state index contributed by atoms with van der Waals surface area (Å²) in [7, 11) is 2.14. The standard InChI is InChI=1S/C24H27N2/c1-15(2)17-11-13-26(6)20(14-17)21-16(3)9-10-18-19-8-7-12-25-23(19)24(4,5)22(18)21/h7-15H,1-6H3/q+1. The summed E-state index contributed by atoms with van der Waals surface area (Å²) in [6.07, 6.45) is 4.11. The minimum absolute atomic E-state index is 0.103. The van der Waals surface area contributed by atoms with E-state index in [1.807, 2.05) is 12.3 Å². The maximum absolute atomic E-state index is 4.75. The molecule has 0 aliphatic heterocycles. The first-order chi connectivity index (χ1) is 12.3. The van der Waals surface area contributed by atoms with Crippen LogP contribution in [0.4, 0.5) is 0 Å². The quantitative estimate of drug-likeness (QED) is 0.576. The molecule has 0 amide bonds. The third kappa shape index (κ3) is 2.32. The van der Waals surface area contributed by atoms with Gasteiger partial charge in [0.05, 0.1) is 11.3 Å². The fourth-order valence-corrected chi connectivity index (χ4v) is 4.34. The molecule has 1 aliphatic carbocycles. The van der Waals surface area contributed by atoms with Gasteiger partial charge in [0, 0.05) is 29.3 Å². The van der Waals surface area contributed by atoms with Crippen LogP contribution in [-0.2, 0) is 12.5 Å². The lowest BCUT2D eigenvalue weighted by Crippen LogP contribution is -2.32. The Morgan fingerprint density at radius 2 is 1.81 bits per heavy atom. The lowest BCUT2D eigenvalue weighted by Gasteiger charge is -2.23. The minimum Gasteiger partial charge on any atom is -0.260 e. The summed E-state index contributed by atoms with van der Waals surface area (Å²) >= 11 is 0. The Morgan fingerprint density at radius 3 is 2.54 bits per heavy atom. The molecule has 0 saturated heterocycles. The van der Waals surface area contributed by atoms with Crippen molar-refractivity contribution in [3.63, 3.8) is 0 Å². The molecule has 2 heteroatoms. The van der Waals surface area contributed by atoms with Crippen LogP contribution in [0, 0.1) is 6.92 Å². The zero-order valence-corrected chi connectivity index (χ0v) is 16.6. The van der Waals surface area contributed by atoms with Crippen LogP contribution in [0.5, 0.6) is 0 Å². The average Bonchev–Trinajstić information content (AvgIpc) is 2.84. The molecule has 0 saturated carbocycles. The molecule has 26 heavy (non-hydrogen) atoms. The first-order valence-electron chi connectivity index (χ1n) is 9.42. The molecule has 132 valence electrons. The molecule has 0 unspecified atom stereocenters. The Kier molecular flexibility index (Phi) is 3.76. The molecule has 1 aromatic carbocycles. The highest BCUT2D eigenvalue weighted by atomic mass is 14.9. The van der Waals surface area contributed by atoms with Crippen LogP contribution in [0.1, 0.15) is 56.0 Å². The van der Waals surface area contributed by atoms with Gasteiger partial charge in [0.25, 0.3) is 0 Å². The molecule has 2 aromatic heterocycles. The first kappa shape index (κ1) is 17.0. The van der Waals surface area contributed by atoms with Crippen molar-refractivity contribution in [3.05, 3.63) is 71.2 Å². The number of fused-ring (bicyclic) bond motifs is 3. The number of benzene rings is 1. The molecule has 0 bridgehead atoms. The number of aromatic nitrogens is 2. The predicted octanol–water partition coefficient (Wildman–Crippen LogP) is 5.31. The Morgan fingerprint density at radius 1 is 1.04 bits per heavy atom. The van der Waals surface area contributed by atoms with Crippen molar-refractivity contribution in [2.24, 2.45) is 7.05 Å². The topological polar surface area (TPSA) is 16.8 Å². The molecule has 4 rings (SSSR count). The maximum atomic E-state index is 4.75. The summed E-state index contributed by atoms with van der Waals surface area (Å²) in [6, 6.07) is 13.4. The van der Waals surface area contributed by atoms with Gasteiger partial charge in [0.2, 0.25) is 5.69 Å². The monoisotopic (exact) mass is 343 g/mol. The van der Waals surface area contributed by atoms with E-state index in [-0.39, 0.29) is 5.41 Å². The number of hydrogen-bond donors (Lipinski definition) is 0. The highest BCUT2D eigenvalue weighted by molar-refractivity contribution is 5.87. The van der Waals surface area contributed by atoms with Crippen molar-refractivity contribution in [3.8, 4) is 22.4 Å². The van der Waals surface area contributed by atoms with Crippen molar-refractivity contribution in [2.45, 2.75) is 46.0 Å². The van der Waals surface area contributed by atoms with Crippen molar-refractivity contribution < 1.29 is 4.57 Å². The van der Waals surface area contributed by atoms with Gasteiger partial charge in [-0.3, -0.25) is 4.98 Å². The fourth-order valence-electron chi connectivity index (χ4n) is 4.34. The molecule has 3 aromatic rings. The van der Waals surface area contributed by atoms with Gasteiger partial charge < -0.3 is 0 Å². The largest absolute Gasteiger partial charge is 0.260 e. The van der Waals surface area contributed by atoms with Gasteiger partial charge in [-0.2, -0.15) is 0 Å². The van der Waals surface area contributed by atoms with Crippen LogP contribution in [0.2, 0.25) is 0 Å². The van der Waals surface area contributed by atoms with E-state index in [9.17, 15) is 0 Å².